The van der Waals surface area contributed by atoms with Crippen molar-refractivity contribution in [3.05, 3.63) is 29.3 Å². The number of hydrogen-bond acceptors (Lipinski definition) is 3. The molecule has 0 aliphatic carbocycles. The predicted octanol–water partition coefficient (Wildman–Crippen LogP) is 1.97. The maximum atomic E-state index is 12.4. The molecule has 2 aliphatic rings. The van der Waals surface area contributed by atoms with Gasteiger partial charge < -0.3 is 10.1 Å². The average molecular weight is 274 g/mol. The number of nitrogens with one attached hydrogen (secondary N) is 1. The Morgan fingerprint density at radius 2 is 2.30 bits per heavy atom. The number of rotatable bonds is 3. The van der Waals surface area contributed by atoms with Crippen molar-refractivity contribution < 1.29 is 9.53 Å². The highest BCUT2D eigenvalue weighted by Gasteiger charge is 2.37. The number of fused-ring (bicyclic) bond motifs is 1. The van der Waals surface area contributed by atoms with Crippen LogP contribution in [0.2, 0.25) is 0 Å². The number of likely N-dealkylation sites (tertiary alicyclic amines) is 1. The molecule has 1 amide bonds. The Hall–Kier alpha value is -1.39. The number of amides is 1. The molecule has 0 radical (unpaired) electrons. The molecule has 0 bridgehead atoms. The summed E-state index contributed by atoms with van der Waals surface area (Å²) in [6.07, 6.45) is 3.08. The number of carbonyl (C=O) groups excluding carboxylic acids is 1. The summed E-state index contributed by atoms with van der Waals surface area (Å²) in [5.74, 6) is 0.131. The van der Waals surface area contributed by atoms with E-state index in [0.717, 1.165) is 31.5 Å². The summed E-state index contributed by atoms with van der Waals surface area (Å²) in [5, 5.41) is 3.07. The highest BCUT2D eigenvalue weighted by Crippen LogP contribution is 2.29. The number of anilines is 1. The van der Waals surface area contributed by atoms with Gasteiger partial charge in [0.05, 0.1) is 12.6 Å². The van der Waals surface area contributed by atoms with Crippen LogP contribution >= 0.6 is 0 Å². The van der Waals surface area contributed by atoms with Gasteiger partial charge in [-0.2, -0.15) is 0 Å². The highest BCUT2D eigenvalue weighted by atomic mass is 16.5. The molecule has 4 heteroatoms. The molecule has 0 spiro atoms. The van der Waals surface area contributed by atoms with Crippen LogP contribution in [0.15, 0.2) is 18.2 Å². The first-order chi connectivity index (χ1) is 9.69. The van der Waals surface area contributed by atoms with Gasteiger partial charge in [0.2, 0.25) is 5.91 Å². The lowest BCUT2D eigenvalue weighted by Gasteiger charge is -2.35. The molecule has 2 aliphatic heterocycles. The van der Waals surface area contributed by atoms with Crippen LogP contribution in [-0.2, 0) is 16.0 Å². The quantitative estimate of drug-likeness (QED) is 0.916. The fraction of sp³-hybridized carbons (Fsp3) is 0.562. The number of carbonyl (C=O) groups is 1. The highest BCUT2D eigenvalue weighted by molar-refractivity contribution is 5.98. The number of hydrogen-bond donors (Lipinski definition) is 1. The van der Waals surface area contributed by atoms with E-state index in [4.69, 9.17) is 4.74 Å². The van der Waals surface area contributed by atoms with Crippen molar-refractivity contribution in [2.75, 3.05) is 25.6 Å². The molecular weight excluding hydrogens is 252 g/mol. The van der Waals surface area contributed by atoms with Gasteiger partial charge in [-0.3, -0.25) is 9.69 Å². The Morgan fingerprint density at radius 3 is 3.10 bits per heavy atom. The van der Waals surface area contributed by atoms with Crippen LogP contribution in [-0.4, -0.2) is 43.2 Å². The zero-order valence-corrected chi connectivity index (χ0v) is 12.2. The Bertz CT molecular complexity index is 515. The van der Waals surface area contributed by atoms with Crippen molar-refractivity contribution in [2.45, 2.75) is 38.3 Å². The number of aryl methyl sites for hydroxylation is 1. The van der Waals surface area contributed by atoms with Crippen molar-refractivity contribution in [1.82, 2.24) is 4.90 Å². The second-order valence-corrected chi connectivity index (χ2v) is 5.86. The maximum Gasteiger partial charge on any atom is 0.242 e. The molecule has 3 rings (SSSR count). The largest absolute Gasteiger partial charge is 0.383 e. The summed E-state index contributed by atoms with van der Waals surface area (Å²) in [6, 6.07) is 6.64. The summed E-state index contributed by atoms with van der Waals surface area (Å²) in [6.45, 7) is 3.76. The van der Waals surface area contributed by atoms with Crippen molar-refractivity contribution in [3.8, 4) is 0 Å². The molecule has 1 N–H and O–H groups in total. The third kappa shape index (κ3) is 2.45. The Balaban J connectivity index is 1.81. The number of ether oxygens (including phenoxy) is 1. The minimum Gasteiger partial charge on any atom is -0.383 e. The van der Waals surface area contributed by atoms with Crippen molar-refractivity contribution >= 4 is 11.6 Å². The molecule has 1 saturated heterocycles. The lowest BCUT2D eigenvalue weighted by atomic mass is 9.96. The predicted molar refractivity (Wildman–Crippen MR) is 78.9 cm³/mol. The first kappa shape index (κ1) is 13.6. The third-order valence-corrected chi connectivity index (χ3v) is 4.42. The minimum atomic E-state index is -0.0483. The van der Waals surface area contributed by atoms with E-state index in [0.29, 0.717) is 12.6 Å². The minimum absolute atomic E-state index is 0.0483. The summed E-state index contributed by atoms with van der Waals surface area (Å²) in [4.78, 5) is 14.7. The van der Waals surface area contributed by atoms with E-state index in [1.807, 2.05) is 6.92 Å². The van der Waals surface area contributed by atoms with Gasteiger partial charge in [0.15, 0.2) is 0 Å². The van der Waals surface area contributed by atoms with E-state index >= 15 is 0 Å². The number of nitrogens with zero attached hydrogens (tertiary/aromatic N) is 1. The summed E-state index contributed by atoms with van der Waals surface area (Å²) in [5.41, 5.74) is 3.40. The molecule has 2 atom stereocenters. The molecule has 4 nitrogen and oxygen atoms in total. The van der Waals surface area contributed by atoms with Crippen LogP contribution in [0.3, 0.4) is 0 Å². The maximum absolute atomic E-state index is 12.4. The SMILES string of the molecule is COCC1CCCN1C1Cc2ccc(C)cc2NC1=O. The van der Waals surface area contributed by atoms with E-state index in [1.165, 1.54) is 11.1 Å². The topological polar surface area (TPSA) is 41.6 Å². The first-order valence-electron chi connectivity index (χ1n) is 7.34. The van der Waals surface area contributed by atoms with Gasteiger partial charge in [-0.1, -0.05) is 12.1 Å². The summed E-state index contributed by atoms with van der Waals surface area (Å²) < 4.78 is 5.29. The van der Waals surface area contributed by atoms with Crippen LogP contribution in [0.1, 0.15) is 24.0 Å². The van der Waals surface area contributed by atoms with Crippen LogP contribution in [0, 0.1) is 6.92 Å². The van der Waals surface area contributed by atoms with Gasteiger partial charge in [-0.15, -0.1) is 0 Å². The van der Waals surface area contributed by atoms with Crippen LogP contribution in [0.25, 0.3) is 0 Å². The standard InChI is InChI=1S/C16H22N2O2/c1-11-5-6-12-9-15(16(19)17-14(12)8-11)18-7-3-4-13(18)10-20-2/h5-6,8,13,15H,3-4,7,9-10H2,1-2H3,(H,17,19). The zero-order valence-electron chi connectivity index (χ0n) is 12.2. The molecular formula is C16H22N2O2. The van der Waals surface area contributed by atoms with Gasteiger partial charge in [-0.05, 0) is 49.9 Å². The van der Waals surface area contributed by atoms with Crippen molar-refractivity contribution in [2.24, 2.45) is 0 Å². The molecule has 2 unspecified atom stereocenters. The fourth-order valence-corrected chi connectivity index (χ4v) is 3.41. The molecule has 0 aromatic heterocycles. The molecule has 1 fully saturated rings. The first-order valence-corrected chi connectivity index (χ1v) is 7.34. The fourth-order valence-electron chi connectivity index (χ4n) is 3.41. The van der Waals surface area contributed by atoms with Gasteiger partial charge in [0.25, 0.3) is 0 Å². The van der Waals surface area contributed by atoms with Gasteiger partial charge in [-0.25, -0.2) is 0 Å². The van der Waals surface area contributed by atoms with Gasteiger partial charge in [0.1, 0.15) is 0 Å². The second kappa shape index (κ2) is 5.54. The molecule has 1 aromatic rings. The van der Waals surface area contributed by atoms with Crippen LogP contribution in [0.4, 0.5) is 5.69 Å². The van der Waals surface area contributed by atoms with Gasteiger partial charge >= 0.3 is 0 Å². The van der Waals surface area contributed by atoms with E-state index < -0.39 is 0 Å². The normalized spacial score (nSPS) is 26.4. The van der Waals surface area contributed by atoms with E-state index in [1.54, 1.807) is 7.11 Å². The number of benzene rings is 1. The Morgan fingerprint density at radius 1 is 1.45 bits per heavy atom. The zero-order chi connectivity index (χ0) is 14.1. The monoisotopic (exact) mass is 274 g/mol. The van der Waals surface area contributed by atoms with Gasteiger partial charge in [0, 0.05) is 18.8 Å². The van der Waals surface area contributed by atoms with Crippen molar-refractivity contribution in [3.63, 3.8) is 0 Å². The van der Waals surface area contributed by atoms with Crippen LogP contribution in [0.5, 0.6) is 0 Å². The summed E-state index contributed by atoms with van der Waals surface area (Å²) in [7, 11) is 1.73. The summed E-state index contributed by atoms with van der Waals surface area (Å²) >= 11 is 0. The van der Waals surface area contributed by atoms with E-state index in [9.17, 15) is 4.79 Å². The van der Waals surface area contributed by atoms with E-state index in [2.05, 4.69) is 28.4 Å². The smallest absolute Gasteiger partial charge is 0.242 e. The molecule has 2 heterocycles. The average Bonchev–Trinajstić information content (AvgIpc) is 2.86. The van der Waals surface area contributed by atoms with Crippen LogP contribution < -0.4 is 5.32 Å². The molecule has 0 saturated carbocycles. The second-order valence-electron chi connectivity index (χ2n) is 5.86. The third-order valence-electron chi connectivity index (χ3n) is 4.42. The molecule has 1 aromatic carbocycles. The lowest BCUT2D eigenvalue weighted by Crippen LogP contribution is -2.50. The number of methoxy groups -OCH3 is 1. The Labute approximate surface area is 120 Å². The lowest BCUT2D eigenvalue weighted by molar-refractivity contribution is -0.122. The van der Waals surface area contributed by atoms with Crippen molar-refractivity contribution in [1.29, 1.82) is 0 Å². The molecule has 108 valence electrons. The Kier molecular flexibility index (Phi) is 3.76. The molecule has 20 heavy (non-hydrogen) atoms. The van der Waals surface area contributed by atoms with E-state index in [-0.39, 0.29) is 11.9 Å².